The predicted octanol–water partition coefficient (Wildman–Crippen LogP) is 9.40. The molecular weight excluding hydrogens is 554 g/mol. The maximum Gasteiger partial charge on any atom is 0.145 e. The van der Waals surface area contributed by atoms with Gasteiger partial charge in [0.2, 0.25) is 0 Å². The van der Waals surface area contributed by atoms with Gasteiger partial charge in [0.05, 0.1) is 49.5 Å². The van der Waals surface area contributed by atoms with Crippen LogP contribution in [0, 0.1) is 34.0 Å². The van der Waals surface area contributed by atoms with Gasteiger partial charge in [0.15, 0.2) is 0 Å². The molecule has 3 aromatic heterocycles. The Balaban J connectivity index is 1.43. The van der Waals surface area contributed by atoms with E-state index in [1.54, 1.807) is 12.1 Å². The third-order valence-corrected chi connectivity index (χ3v) is 8.82. The molecule has 9 aromatic rings. The van der Waals surface area contributed by atoms with Crippen molar-refractivity contribution in [2.24, 2.45) is 0 Å². The van der Waals surface area contributed by atoms with E-state index in [0.29, 0.717) is 5.69 Å². The molecule has 0 unspecified atom stereocenters. The van der Waals surface area contributed by atoms with Crippen LogP contribution in [-0.2, 0) is 0 Å². The summed E-state index contributed by atoms with van der Waals surface area (Å²) in [6.07, 6.45) is 0. The summed E-state index contributed by atoms with van der Waals surface area (Å²) in [6.45, 7) is 0. The first-order valence-corrected chi connectivity index (χ1v) is 14.5. The molecule has 0 saturated heterocycles. The van der Waals surface area contributed by atoms with Crippen LogP contribution in [-0.4, -0.2) is 9.13 Å². The summed E-state index contributed by atoms with van der Waals surface area (Å²) in [5, 5.41) is 35.5. The summed E-state index contributed by atoms with van der Waals surface area (Å²) in [6, 6.07) is 44.9. The Kier molecular flexibility index (Phi) is 5.00. The number of rotatable bonds is 2. The van der Waals surface area contributed by atoms with Crippen molar-refractivity contribution in [3.05, 3.63) is 132 Å². The van der Waals surface area contributed by atoms with Crippen molar-refractivity contribution in [3.63, 3.8) is 0 Å². The molecule has 0 aliphatic rings. The quantitative estimate of drug-likeness (QED) is 0.206. The van der Waals surface area contributed by atoms with Gasteiger partial charge in [-0.3, -0.25) is 0 Å². The van der Waals surface area contributed by atoms with E-state index in [4.69, 9.17) is 4.42 Å². The summed E-state index contributed by atoms with van der Waals surface area (Å²) in [5.74, 6) is 0. The normalized spacial score (nSPS) is 11.5. The number of fused-ring (bicyclic) bond motifs is 11. The molecule has 45 heavy (non-hydrogen) atoms. The lowest BCUT2D eigenvalue weighted by atomic mass is 10.0. The Hall–Kier alpha value is -6.81. The minimum atomic E-state index is 0.0860. The molecule has 0 spiro atoms. The minimum absolute atomic E-state index is 0.0860. The number of hydrogen-bond acceptors (Lipinski definition) is 4. The second-order valence-corrected chi connectivity index (χ2v) is 11.1. The summed E-state index contributed by atoms with van der Waals surface area (Å²) in [4.78, 5) is 0. The van der Waals surface area contributed by atoms with Crippen molar-refractivity contribution in [2.75, 3.05) is 0 Å². The van der Waals surface area contributed by atoms with Gasteiger partial charge in [-0.05, 0) is 60.7 Å². The number of furan rings is 1. The van der Waals surface area contributed by atoms with Gasteiger partial charge in [-0.1, -0.05) is 54.6 Å². The van der Waals surface area contributed by atoms with E-state index in [1.165, 1.54) is 0 Å². The van der Waals surface area contributed by atoms with E-state index < -0.39 is 0 Å². The minimum Gasteiger partial charge on any atom is -0.455 e. The van der Waals surface area contributed by atoms with Crippen LogP contribution in [0.15, 0.2) is 120 Å². The Morgan fingerprint density at radius 2 is 0.933 bits per heavy atom. The summed E-state index contributed by atoms with van der Waals surface area (Å²) >= 11 is 0. The highest BCUT2D eigenvalue weighted by Gasteiger charge is 2.23. The Labute approximate surface area is 256 Å². The predicted molar refractivity (Wildman–Crippen MR) is 177 cm³/mol. The largest absolute Gasteiger partial charge is 0.455 e. The number of para-hydroxylation sites is 3. The molecule has 6 aromatic carbocycles. The van der Waals surface area contributed by atoms with Crippen LogP contribution < -0.4 is 0 Å². The molecule has 0 saturated carbocycles. The Morgan fingerprint density at radius 1 is 0.444 bits per heavy atom. The molecule has 0 N–H and O–H groups in total. The van der Waals surface area contributed by atoms with Crippen LogP contribution in [0.3, 0.4) is 0 Å². The van der Waals surface area contributed by atoms with Crippen molar-refractivity contribution >= 4 is 65.6 Å². The molecule has 3 heterocycles. The van der Waals surface area contributed by atoms with Crippen LogP contribution in [0.5, 0.6) is 0 Å². The molecule has 0 amide bonds. The van der Waals surface area contributed by atoms with Gasteiger partial charge in [0, 0.05) is 32.9 Å². The fourth-order valence-corrected chi connectivity index (χ4v) is 6.98. The topological polar surface area (TPSA) is 94.4 Å². The van der Waals surface area contributed by atoms with Crippen LogP contribution >= 0.6 is 0 Å². The molecule has 206 valence electrons. The van der Waals surface area contributed by atoms with Crippen molar-refractivity contribution in [1.29, 1.82) is 15.8 Å². The number of nitrogens with zero attached hydrogens (tertiary/aromatic N) is 5. The van der Waals surface area contributed by atoms with Gasteiger partial charge < -0.3 is 13.6 Å². The SMILES string of the molecule is N#Cc1cc(-n2c3ccccc3c3c4oc5c(ccc6c5c5ccccc5n6-c5ccccc5)c4ccc32)cc(C#N)c1C#N. The molecular formula is C39H19N5O. The number of benzene rings is 6. The highest BCUT2D eigenvalue weighted by molar-refractivity contribution is 6.28. The fourth-order valence-electron chi connectivity index (χ4n) is 6.98. The van der Waals surface area contributed by atoms with E-state index in [-0.39, 0.29) is 16.7 Å². The maximum absolute atomic E-state index is 9.84. The Morgan fingerprint density at radius 3 is 1.44 bits per heavy atom. The van der Waals surface area contributed by atoms with E-state index in [2.05, 4.69) is 95.6 Å². The summed E-state index contributed by atoms with van der Waals surface area (Å²) in [7, 11) is 0. The number of aromatic nitrogens is 2. The second-order valence-electron chi connectivity index (χ2n) is 11.1. The zero-order chi connectivity index (χ0) is 30.2. The summed E-state index contributed by atoms with van der Waals surface area (Å²) in [5.41, 5.74) is 7.70. The molecule has 0 fully saturated rings. The highest BCUT2D eigenvalue weighted by Crippen LogP contribution is 2.44. The molecule has 9 rings (SSSR count). The van der Waals surface area contributed by atoms with Gasteiger partial charge in [-0.2, -0.15) is 15.8 Å². The highest BCUT2D eigenvalue weighted by atomic mass is 16.3. The Bertz CT molecular complexity index is 2810. The lowest BCUT2D eigenvalue weighted by Gasteiger charge is -2.10. The van der Waals surface area contributed by atoms with Gasteiger partial charge in [0.1, 0.15) is 29.4 Å². The molecule has 6 heteroatoms. The van der Waals surface area contributed by atoms with E-state index in [9.17, 15) is 15.8 Å². The van der Waals surface area contributed by atoms with Crippen LogP contribution in [0.2, 0.25) is 0 Å². The molecule has 0 bridgehead atoms. The van der Waals surface area contributed by atoms with Crippen LogP contribution in [0.25, 0.3) is 76.9 Å². The fraction of sp³-hybridized carbons (Fsp3) is 0. The molecule has 0 aliphatic carbocycles. The lowest BCUT2D eigenvalue weighted by Crippen LogP contribution is -1.99. The van der Waals surface area contributed by atoms with E-state index >= 15 is 0 Å². The van der Waals surface area contributed by atoms with Crippen molar-refractivity contribution in [1.82, 2.24) is 9.13 Å². The zero-order valence-corrected chi connectivity index (χ0v) is 23.6. The first-order chi connectivity index (χ1) is 22.2. The monoisotopic (exact) mass is 573 g/mol. The summed E-state index contributed by atoms with van der Waals surface area (Å²) < 4.78 is 11.3. The average molecular weight is 574 g/mol. The third-order valence-electron chi connectivity index (χ3n) is 8.82. The van der Waals surface area contributed by atoms with Crippen molar-refractivity contribution in [2.45, 2.75) is 0 Å². The maximum atomic E-state index is 9.84. The smallest absolute Gasteiger partial charge is 0.145 e. The van der Waals surface area contributed by atoms with E-state index in [1.807, 2.05) is 34.9 Å². The lowest BCUT2D eigenvalue weighted by molar-refractivity contribution is 0.677. The van der Waals surface area contributed by atoms with Crippen LogP contribution in [0.1, 0.15) is 16.7 Å². The van der Waals surface area contributed by atoms with Gasteiger partial charge in [-0.25, -0.2) is 0 Å². The molecule has 0 aliphatic heterocycles. The first-order valence-electron chi connectivity index (χ1n) is 14.5. The van der Waals surface area contributed by atoms with Crippen molar-refractivity contribution < 1.29 is 4.42 Å². The zero-order valence-electron chi connectivity index (χ0n) is 23.6. The molecule has 0 atom stereocenters. The van der Waals surface area contributed by atoms with Gasteiger partial charge >= 0.3 is 0 Å². The van der Waals surface area contributed by atoms with E-state index in [0.717, 1.165) is 71.2 Å². The van der Waals surface area contributed by atoms with Crippen molar-refractivity contribution in [3.8, 4) is 29.6 Å². The first kappa shape index (κ1) is 24.8. The average Bonchev–Trinajstić information content (AvgIpc) is 3.75. The van der Waals surface area contributed by atoms with Gasteiger partial charge in [-0.15, -0.1) is 0 Å². The molecule has 6 nitrogen and oxygen atoms in total. The van der Waals surface area contributed by atoms with Gasteiger partial charge in [0.25, 0.3) is 0 Å². The molecule has 0 radical (unpaired) electrons. The standard InChI is InChI=1S/C39H19N5O/c40-20-23-18-26(19-24(21-41)31(23)22-42)44-33-13-7-5-11-30(33)37-35(44)17-15-28-27-14-16-34-36(38(27)45-39(28)37)29-10-4-6-12-32(29)43(34)25-8-2-1-3-9-25/h1-19H. The van der Waals surface area contributed by atoms with Crippen LogP contribution in [0.4, 0.5) is 0 Å². The second kappa shape index (κ2) is 9.09. The number of hydrogen-bond donors (Lipinski definition) is 0. The third kappa shape index (κ3) is 3.24. The number of nitriles is 3.